The summed E-state index contributed by atoms with van der Waals surface area (Å²) < 4.78 is 1.11. The second-order valence-corrected chi connectivity index (χ2v) is 7.19. The molecule has 6 heteroatoms. The first-order valence-electron chi connectivity index (χ1n) is 7.09. The molecule has 2 N–H and O–H groups in total. The van der Waals surface area contributed by atoms with Gasteiger partial charge in [0.15, 0.2) is 5.78 Å². The zero-order valence-corrected chi connectivity index (χ0v) is 14.0. The van der Waals surface area contributed by atoms with Crippen molar-refractivity contribution in [3.63, 3.8) is 0 Å². The molecule has 1 amide bonds. The van der Waals surface area contributed by atoms with E-state index in [0.717, 1.165) is 15.0 Å². The fraction of sp³-hybridized carbons (Fsp3) is 0.176. The zero-order chi connectivity index (χ0) is 16.4. The molecule has 0 radical (unpaired) electrons. The SMILES string of the molecule is CC(=O)c1csc(C(=O)NCC(O)c2cc3ccccc3s2)c1. The molecule has 1 unspecified atom stereocenters. The molecule has 118 valence electrons. The van der Waals surface area contributed by atoms with Crippen molar-refractivity contribution in [2.45, 2.75) is 13.0 Å². The van der Waals surface area contributed by atoms with E-state index in [0.29, 0.717) is 10.4 Å². The summed E-state index contributed by atoms with van der Waals surface area (Å²) in [5.41, 5.74) is 0.533. The van der Waals surface area contributed by atoms with Crippen LogP contribution >= 0.6 is 22.7 Å². The fourth-order valence-corrected chi connectivity index (χ4v) is 4.10. The zero-order valence-electron chi connectivity index (χ0n) is 12.4. The van der Waals surface area contributed by atoms with E-state index in [9.17, 15) is 14.7 Å². The molecule has 23 heavy (non-hydrogen) atoms. The summed E-state index contributed by atoms with van der Waals surface area (Å²) in [6.45, 7) is 1.61. The first-order chi connectivity index (χ1) is 11.0. The van der Waals surface area contributed by atoms with Crippen molar-refractivity contribution in [3.05, 3.63) is 57.1 Å². The number of aliphatic hydroxyl groups excluding tert-OH is 1. The van der Waals surface area contributed by atoms with Crippen molar-refractivity contribution in [1.29, 1.82) is 0 Å². The van der Waals surface area contributed by atoms with E-state index < -0.39 is 6.10 Å². The number of carbonyl (C=O) groups is 2. The average molecular weight is 345 g/mol. The van der Waals surface area contributed by atoms with Crippen LogP contribution in [0.2, 0.25) is 0 Å². The second-order valence-electron chi connectivity index (χ2n) is 5.17. The van der Waals surface area contributed by atoms with Gasteiger partial charge in [0.05, 0.1) is 4.88 Å². The van der Waals surface area contributed by atoms with Crippen molar-refractivity contribution in [2.75, 3.05) is 6.54 Å². The Kier molecular flexibility index (Phi) is 4.56. The van der Waals surface area contributed by atoms with Gasteiger partial charge in [0.25, 0.3) is 5.91 Å². The highest BCUT2D eigenvalue weighted by atomic mass is 32.1. The molecule has 2 heterocycles. The predicted molar refractivity (Wildman–Crippen MR) is 93.4 cm³/mol. The van der Waals surface area contributed by atoms with Crippen molar-refractivity contribution in [3.8, 4) is 0 Å². The summed E-state index contributed by atoms with van der Waals surface area (Å²) in [4.78, 5) is 24.6. The highest BCUT2D eigenvalue weighted by Crippen LogP contribution is 2.29. The monoisotopic (exact) mass is 345 g/mol. The Labute approximate surface area is 141 Å². The van der Waals surface area contributed by atoms with Crippen molar-refractivity contribution in [1.82, 2.24) is 5.32 Å². The number of rotatable bonds is 5. The van der Waals surface area contributed by atoms with E-state index >= 15 is 0 Å². The number of nitrogens with one attached hydrogen (secondary N) is 1. The molecule has 0 saturated heterocycles. The number of Topliss-reactive ketones (excluding diaryl/α,β-unsaturated/α-hetero) is 1. The third kappa shape index (κ3) is 3.50. The van der Waals surface area contributed by atoms with Crippen LogP contribution in [0.15, 0.2) is 41.8 Å². The normalized spacial score (nSPS) is 12.3. The molecule has 0 aliphatic carbocycles. The van der Waals surface area contributed by atoms with E-state index in [1.807, 2.05) is 30.3 Å². The van der Waals surface area contributed by atoms with E-state index in [1.54, 1.807) is 11.4 Å². The molecule has 0 saturated carbocycles. The van der Waals surface area contributed by atoms with Crippen LogP contribution in [0.1, 0.15) is 37.9 Å². The summed E-state index contributed by atoms with van der Waals surface area (Å²) in [5.74, 6) is -0.340. The van der Waals surface area contributed by atoms with Crippen LogP contribution < -0.4 is 5.32 Å². The molecule has 0 spiro atoms. The minimum Gasteiger partial charge on any atom is -0.386 e. The van der Waals surface area contributed by atoms with E-state index in [2.05, 4.69) is 5.32 Å². The Hall–Kier alpha value is -2.02. The van der Waals surface area contributed by atoms with Crippen LogP contribution in [-0.2, 0) is 0 Å². The summed E-state index contributed by atoms with van der Waals surface area (Å²) in [6, 6.07) is 11.4. The largest absolute Gasteiger partial charge is 0.386 e. The maximum absolute atomic E-state index is 12.1. The van der Waals surface area contributed by atoms with Crippen molar-refractivity contribution < 1.29 is 14.7 Å². The number of hydrogen-bond acceptors (Lipinski definition) is 5. The molecule has 1 atom stereocenters. The Morgan fingerprint density at radius 1 is 1.26 bits per heavy atom. The molecule has 3 aromatic rings. The number of benzene rings is 1. The maximum Gasteiger partial charge on any atom is 0.261 e. The molecule has 4 nitrogen and oxygen atoms in total. The molecule has 0 bridgehead atoms. The van der Waals surface area contributed by atoms with Crippen LogP contribution in [0.3, 0.4) is 0 Å². The third-order valence-electron chi connectivity index (χ3n) is 3.46. The van der Waals surface area contributed by atoms with Gasteiger partial charge in [-0.15, -0.1) is 22.7 Å². The van der Waals surface area contributed by atoms with Crippen LogP contribution in [0.25, 0.3) is 10.1 Å². The summed E-state index contributed by atoms with van der Waals surface area (Å²) in [6.07, 6.45) is -0.747. The van der Waals surface area contributed by atoms with E-state index in [-0.39, 0.29) is 18.2 Å². The number of hydrogen-bond donors (Lipinski definition) is 2. The topological polar surface area (TPSA) is 66.4 Å². The summed E-state index contributed by atoms with van der Waals surface area (Å²) in [5, 5.41) is 15.7. The molecular formula is C17H15NO3S2. The molecule has 2 aromatic heterocycles. The molecule has 1 aromatic carbocycles. The Morgan fingerprint density at radius 3 is 2.74 bits per heavy atom. The van der Waals surface area contributed by atoms with Crippen LogP contribution in [0.5, 0.6) is 0 Å². The minimum atomic E-state index is -0.747. The van der Waals surface area contributed by atoms with Crippen molar-refractivity contribution in [2.24, 2.45) is 0 Å². The van der Waals surface area contributed by atoms with E-state index in [1.165, 1.54) is 29.6 Å². The molecule has 0 aliphatic rings. The highest BCUT2D eigenvalue weighted by Gasteiger charge is 2.15. The van der Waals surface area contributed by atoms with E-state index in [4.69, 9.17) is 0 Å². The number of amides is 1. The lowest BCUT2D eigenvalue weighted by atomic mass is 10.2. The summed E-state index contributed by atoms with van der Waals surface area (Å²) >= 11 is 2.74. The van der Waals surface area contributed by atoms with Gasteiger partial charge in [-0.2, -0.15) is 0 Å². The lowest BCUT2D eigenvalue weighted by Crippen LogP contribution is -2.27. The van der Waals surface area contributed by atoms with Gasteiger partial charge in [-0.1, -0.05) is 18.2 Å². The molecule has 0 fully saturated rings. The van der Waals surface area contributed by atoms with Gasteiger partial charge in [-0.3, -0.25) is 9.59 Å². The van der Waals surface area contributed by atoms with Gasteiger partial charge in [0.1, 0.15) is 6.10 Å². The summed E-state index contributed by atoms with van der Waals surface area (Å²) in [7, 11) is 0. The first kappa shape index (κ1) is 15.9. The van der Waals surface area contributed by atoms with Crippen LogP contribution in [0, 0.1) is 0 Å². The first-order valence-corrected chi connectivity index (χ1v) is 8.78. The number of fused-ring (bicyclic) bond motifs is 1. The Morgan fingerprint density at radius 2 is 2.04 bits per heavy atom. The Bertz CT molecular complexity index is 832. The van der Waals surface area contributed by atoms with Crippen LogP contribution in [-0.4, -0.2) is 23.3 Å². The van der Waals surface area contributed by atoms with Crippen molar-refractivity contribution >= 4 is 44.5 Å². The minimum absolute atomic E-state index is 0.0642. The number of carbonyl (C=O) groups excluding carboxylic acids is 2. The van der Waals surface area contributed by atoms with Gasteiger partial charge in [-0.05, 0) is 30.5 Å². The maximum atomic E-state index is 12.1. The highest BCUT2D eigenvalue weighted by molar-refractivity contribution is 7.19. The standard InChI is InChI=1S/C17H15NO3S2/c1-10(19)12-7-16(22-9-12)17(21)18-8-13(20)15-6-11-4-2-3-5-14(11)23-15/h2-7,9,13,20H,8H2,1H3,(H,18,21). The number of thiophene rings is 2. The fourth-order valence-electron chi connectivity index (χ4n) is 2.18. The number of aliphatic hydroxyl groups is 1. The van der Waals surface area contributed by atoms with Gasteiger partial charge < -0.3 is 10.4 Å². The number of ketones is 1. The lowest BCUT2D eigenvalue weighted by molar-refractivity contribution is 0.0922. The third-order valence-corrected chi connectivity index (χ3v) is 5.61. The quantitative estimate of drug-likeness (QED) is 0.694. The second kappa shape index (κ2) is 6.62. The predicted octanol–water partition coefficient (Wildman–Crippen LogP) is 3.63. The lowest BCUT2D eigenvalue weighted by Gasteiger charge is -2.09. The molecule has 0 aliphatic heterocycles. The Balaban J connectivity index is 1.64. The molecule has 3 rings (SSSR count). The molecular weight excluding hydrogens is 330 g/mol. The smallest absolute Gasteiger partial charge is 0.261 e. The average Bonchev–Trinajstić information content (AvgIpc) is 3.18. The van der Waals surface area contributed by atoms with Crippen LogP contribution in [0.4, 0.5) is 0 Å². The van der Waals surface area contributed by atoms with Gasteiger partial charge in [0.2, 0.25) is 0 Å². The van der Waals surface area contributed by atoms with Gasteiger partial charge in [-0.25, -0.2) is 0 Å². The van der Waals surface area contributed by atoms with Gasteiger partial charge in [0, 0.05) is 27.1 Å². The van der Waals surface area contributed by atoms with Gasteiger partial charge >= 0.3 is 0 Å².